The third-order valence-electron chi connectivity index (χ3n) is 6.48. The van der Waals surface area contributed by atoms with E-state index in [1.807, 2.05) is 30.3 Å². The number of halogens is 1. The van der Waals surface area contributed by atoms with Crippen LogP contribution in [-0.2, 0) is 11.3 Å². The van der Waals surface area contributed by atoms with Crippen molar-refractivity contribution in [2.45, 2.75) is 39.3 Å². The van der Waals surface area contributed by atoms with Crippen molar-refractivity contribution in [1.82, 2.24) is 15.1 Å². The van der Waals surface area contributed by atoms with Crippen LogP contribution in [0.25, 0.3) is 0 Å². The van der Waals surface area contributed by atoms with E-state index in [0.717, 1.165) is 68.2 Å². The Morgan fingerprint density at radius 2 is 1.65 bits per heavy atom. The Morgan fingerprint density at radius 1 is 0.941 bits per heavy atom. The van der Waals surface area contributed by atoms with Gasteiger partial charge in [-0.05, 0) is 60.8 Å². The Balaban J connectivity index is 1.31. The first-order valence-corrected chi connectivity index (χ1v) is 12.4. The van der Waals surface area contributed by atoms with E-state index in [2.05, 4.69) is 29.0 Å². The van der Waals surface area contributed by atoms with Gasteiger partial charge in [0, 0.05) is 26.1 Å². The topological polar surface area (TPSA) is 54.0 Å². The molecule has 0 radical (unpaired) electrons. The van der Waals surface area contributed by atoms with E-state index in [9.17, 15) is 9.18 Å². The molecule has 184 valence electrons. The Morgan fingerprint density at radius 3 is 2.41 bits per heavy atom. The highest BCUT2D eigenvalue weighted by atomic mass is 19.1. The van der Waals surface area contributed by atoms with Crippen LogP contribution in [-0.4, -0.2) is 61.6 Å². The van der Waals surface area contributed by atoms with Crippen LogP contribution in [0.2, 0.25) is 0 Å². The van der Waals surface area contributed by atoms with E-state index < -0.39 is 0 Å². The molecule has 7 heteroatoms. The minimum atomic E-state index is -0.205. The van der Waals surface area contributed by atoms with Gasteiger partial charge in [0.25, 0.3) is 0 Å². The van der Waals surface area contributed by atoms with Crippen LogP contribution in [0.3, 0.4) is 0 Å². The molecule has 0 saturated carbocycles. The fourth-order valence-corrected chi connectivity index (χ4v) is 4.62. The maximum atomic E-state index is 13.2. The zero-order valence-corrected chi connectivity index (χ0v) is 20.3. The number of ether oxygens (including phenoxy) is 2. The van der Waals surface area contributed by atoms with Gasteiger partial charge in [-0.3, -0.25) is 14.6 Å². The number of nitrogens with zero attached hydrogens (tertiary/aromatic N) is 2. The van der Waals surface area contributed by atoms with Crippen molar-refractivity contribution >= 4 is 5.91 Å². The van der Waals surface area contributed by atoms with Crippen LogP contribution in [0.5, 0.6) is 11.5 Å². The predicted molar refractivity (Wildman–Crippen MR) is 131 cm³/mol. The van der Waals surface area contributed by atoms with Gasteiger partial charge in [-0.2, -0.15) is 0 Å². The molecule has 0 spiro atoms. The number of carbonyl (C=O) groups excluding carboxylic acids is 1. The van der Waals surface area contributed by atoms with Crippen molar-refractivity contribution in [2.24, 2.45) is 5.92 Å². The molecule has 0 aromatic heterocycles. The largest absolute Gasteiger partial charge is 0.490 e. The molecular formula is C27H36FN3O3. The maximum absolute atomic E-state index is 13.2. The summed E-state index contributed by atoms with van der Waals surface area (Å²) in [5, 5.41) is 3.25. The lowest BCUT2D eigenvalue weighted by Crippen LogP contribution is -2.41. The third-order valence-corrected chi connectivity index (χ3v) is 6.48. The summed E-state index contributed by atoms with van der Waals surface area (Å²) in [5.41, 5.74) is 2.15. The Bertz CT molecular complexity index is 951. The summed E-state index contributed by atoms with van der Waals surface area (Å²) in [6.45, 7) is 10.3. The molecular weight excluding hydrogens is 433 g/mol. The van der Waals surface area contributed by atoms with Crippen molar-refractivity contribution in [3.8, 4) is 11.5 Å². The molecule has 2 aliphatic heterocycles. The number of carbonyl (C=O) groups is 1. The predicted octanol–water partition coefficient (Wildman–Crippen LogP) is 4.01. The highest BCUT2D eigenvalue weighted by molar-refractivity contribution is 5.78. The molecule has 1 fully saturated rings. The van der Waals surface area contributed by atoms with Gasteiger partial charge in [0.15, 0.2) is 11.5 Å². The molecule has 1 saturated heterocycles. The van der Waals surface area contributed by atoms with Gasteiger partial charge < -0.3 is 14.8 Å². The Hall–Kier alpha value is -2.64. The molecule has 34 heavy (non-hydrogen) atoms. The second kappa shape index (κ2) is 11.7. The molecule has 2 aromatic carbocycles. The van der Waals surface area contributed by atoms with Crippen LogP contribution in [0, 0.1) is 11.7 Å². The minimum absolute atomic E-state index is 0.0396. The molecule has 6 nitrogen and oxygen atoms in total. The zero-order chi connectivity index (χ0) is 23.9. The molecule has 4 rings (SSSR count). The first kappa shape index (κ1) is 24.5. The van der Waals surface area contributed by atoms with Crippen LogP contribution in [0.4, 0.5) is 4.39 Å². The first-order valence-electron chi connectivity index (χ1n) is 12.4. The summed E-state index contributed by atoms with van der Waals surface area (Å²) >= 11 is 0. The molecule has 0 aliphatic carbocycles. The van der Waals surface area contributed by atoms with Gasteiger partial charge in [0.1, 0.15) is 5.82 Å². The summed E-state index contributed by atoms with van der Waals surface area (Å²) in [5.74, 6) is 1.60. The molecule has 1 amide bonds. The molecule has 1 N–H and O–H groups in total. The van der Waals surface area contributed by atoms with E-state index in [1.54, 1.807) is 0 Å². The number of fused-ring (bicyclic) bond motifs is 1. The van der Waals surface area contributed by atoms with Crippen molar-refractivity contribution in [2.75, 3.05) is 45.9 Å². The third kappa shape index (κ3) is 6.70. The van der Waals surface area contributed by atoms with Gasteiger partial charge in [-0.1, -0.05) is 32.0 Å². The van der Waals surface area contributed by atoms with Crippen LogP contribution in [0.1, 0.15) is 43.9 Å². The number of hydrogen-bond donors (Lipinski definition) is 1. The van der Waals surface area contributed by atoms with Gasteiger partial charge in [-0.25, -0.2) is 4.39 Å². The van der Waals surface area contributed by atoms with Crippen LogP contribution in [0.15, 0.2) is 42.5 Å². The van der Waals surface area contributed by atoms with Crippen molar-refractivity contribution in [1.29, 1.82) is 0 Å². The monoisotopic (exact) mass is 469 g/mol. The lowest BCUT2D eigenvalue weighted by molar-refractivity contribution is -0.123. The number of amides is 1. The highest BCUT2D eigenvalue weighted by Gasteiger charge is 2.23. The smallest absolute Gasteiger partial charge is 0.234 e. The van der Waals surface area contributed by atoms with Gasteiger partial charge in [0.05, 0.1) is 25.8 Å². The first-order chi connectivity index (χ1) is 16.5. The van der Waals surface area contributed by atoms with Gasteiger partial charge >= 0.3 is 0 Å². The molecule has 2 heterocycles. The number of hydrogen-bond acceptors (Lipinski definition) is 5. The van der Waals surface area contributed by atoms with Gasteiger partial charge in [-0.15, -0.1) is 0 Å². The number of benzene rings is 2. The van der Waals surface area contributed by atoms with E-state index in [1.165, 1.54) is 12.1 Å². The van der Waals surface area contributed by atoms with E-state index in [-0.39, 0.29) is 23.7 Å². The van der Waals surface area contributed by atoms with E-state index in [4.69, 9.17) is 9.47 Å². The molecule has 1 atom stereocenters. The molecule has 0 bridgehead atoms. The standard InChI is InChI=1S/C27H36FN3O3/c1-20(2)27(22-7-10-24-25(17-22)34-16-4-15-33-24)29-26(32)19-31-12-3-11-30(13-14-31)18-21-5-8-23(28)9-6-21/h5-10,17,20,27H,3-4,11-16,18-19H2,1-2H3,(H,29,32). The van der Waals surface area contributed by atoms with Gasteiger partial charge in [0.2, 0.25) is 5.91 Å². The van der Waals surface area contributed by atoms with Crippen molar-refractivity contribution < 1.29 is 18.7 Å². The summed E-state index contributed by atoms with van der Waals surface area (Å²) < 4.78 is 24.8. The van der Waals surface area contributed by atoms with E-state index in [0.29, 0.717) is 19.8 Å². The normalized spacial score (nSPS) is 18.2. The number of rotatable bonds is 7. The summed E-state index contributed by atoms with van der Waals surface area (Å²) in [6.07, 6.45) is 1.87. The molecule has 1 unspecified atom stereocenters. The average molecular weight is 470 g/mol. The highest BCUT2D eigenvalue weighted by Crippen LogP contribution is 2.34. The molecule has 2 aliphatic rings. The van der Waals surface area contributed by atoms with Crippen LogP contribution >= 0.6 is 0 Å². The second-order valence-corrected chi connectivity index (χ2v) is 9.58. The lowest BCUT2D eigenvalue weighted by atomic mass is 9.95. The quantitative estimate of drug-likeness (QED) is 0.664. The Kier molecular flexibility index (Phi) is 8.40. The lowest BCUT2D eigenvalue weighted by Gasteiger charge is -2.26. The minimum Gasteiger partial charge on any atom is -0.490 e. The zero-order valence-electron chi connectivity index (χ0n) is 20.3. The van der Waals surface area contributed by atoms with Crippen molar-refractivity contribution in [3.05, 3.63) is 59.4 Å². The fraction of sp³-hybridized carbons (Fsp3) is 0.519. The summed E-state index contributed by atoms with van der Waals surface area (Å²) in [7, 11) is 0. The summed E-state index contributed by atoms with van der Waals surface area (Å²) in [4.78, 5) is 17.6. The maximum Gasteiger partial charge on any atom is 0.234 e. The SMILES string of the molecule is CC(C)C(NC(=O)CN1CCCN(Cc2ccc(F)cc2)CC1)c1ccc2c(c1)OCCCO2. The number of nitrogens with one attached hydrogen (secondary N) is 1. The Labute approximate surface area is 202 Å². The van der Waals surface area contributed by atoms with E-state index >= 15 is 0 Å². The summed E-state index contributed by atoms with van der Waals surface area (Å²) in [6, 6.07) is 12.6. The fourth-order valence-electron chi connectivity index (χ4n) is 4.62. The second-order valence-electron chi connectivity index (χ2n) is 9.58. The molecule has 2 aromatic rings. The van der Waals surface area contributed by atoms with Crippen molar-refractivity contribution in [3.63, 3.8) is 0 Å². The average Bonchev–Trinajstić information content (AvgIpc) is 3.19. The van der Waals surface area contributed by atoms with Crippen LogP contribution < -0.4 is 14.8 Å².